The van der Waals surface area contributed by atoms with Gasteiger partial charge in [-0.2, -0.15) is 13.2 Å². The summed E-state index contributed by atoms with van der Waals surface area (Å²) in [6.45, 7) is 0. The Bertz CT molecular complexity index is 429. The lowest BCUT2D eigenvalue weighted by atomic mass is 10.1. The van der Waals surface area contributed by atoms with Crippen molar-refractivity contribution in [1.82, 2.24) is 0 Å². The van der Waals surface area contributed by atoms with Crippen molar-refractivity contribution < 1.29 is 22.1 Å². The van der Waals surface area contributed by atoms with Crippen LogP contribution in [0.15, 0.2) is 18.2 Å². The molecule has 0 N–H and O–H groups in total. The predicted octanol–water partition coefficient (Wildman–Crippen LogP) is 3.36. The Kier molecular flexibility index (Phi) is 2.84. The molecule has 0 spiro atoms. The summed E-state index contributed by atoms with van der Waals surface area (Å²) in [5, 5.41) is 0. The fraction of sp³-hybridized carbons (Fsp3) is 0.300. The maximum Gasteiger partial charge on any atom is 0.479 e. The highest BCUT2D eigenvalue weighted by atomic mass is 32.2. The number of ketones is 1. The number of halogens is 3. The zero-order chi connectivity index (χ0) is 11.8. The number of hydrogen-bond acceptors (Lipinski definition) is 3. The first-order valence-corrected chi connectivity index (χ1v) is 5.28. The second-order valence-corrected chi connectivity index (χ2v) is 4.15. The van der Waals surface area contributed by atoms with Gasteiger partial charge in [-0.1, -0.05) is 6.07 Å². The van der Waals surface area contributed by atoms with E-state index in [-0.39, 0.29) is 11.5 Å². The van der Waals surface area contributed by atoms with Crippen LogP contribution >= 0.6 is 12.0 Å². The molecule has 0 fully saturated rings. The third kappa shape index (κ3) is 2.49. The highest BCUT2D eigenvalue weighted by Crippen LogP contribution is 2.34. The molecule has 1 aromatic rings. The summed E-state index contributed by atoms with van der Waals surface area (Å²) in [4.78, 5) is 11.3. The number of carbonyl (C=O) groups excluding carboxylic acids is 1. The van der Waals surface area contributed by atoms with Gasteiger partial charge >= 0.3 is 5.51 Å². The van der Waals surface area contributed by atoms with Gasteiger partial charge < -0.3 is 4.18 Å². The lowest BCUT2D eigenvalue weighted by molar-refractivity contribution is -0.0369. The van der Waals surface area contributed by atoms with Gasteiger partial charge in [-0.25, -0.2) is 0 Å². The number of fused-ring (bicyclic) bond motifs is 1. The Balaban J connectivity index is 2.13. The summed E-state index contributed by atoms with van der Waals surface area (Å²) in [6, 6.07) is 4.44. The SMILES string of the molecule is O=C1CCc2ccc(OSC(F)(F)F)cc21. The Hall–Kier alpha value is -1.17. The second kappa shape index (κ2) is 4.01. The number of alkyl halides is 3. The highest BCUT2D eigenvalue weighted by molar-refractivity contribution is 7.95. The molecule has 0 saturated carbocycles. The molecule has 0 radical (unpaired) electrons. The van der Waals surface area contributed by atoms with Crippen LogP contribution in [0.1, 0.15) is 22.3 Å². The van der Waals surface area contributed by atoms with Crippen LogP contribution in [0, 0.1) is 0 Å². The molecule has 0 bridgehead atoms. The average Bonchev–Trinajstić information content (AvgIpc) is 2.56. The molecule has 0 amide bonds. The minimum absolute atomic E-state index is 0.0440. The molecule has 0 unspecified atom stereocenters. The normalized spacial score (nSPS) is 15.1. The largest absolute Gasteiger partial charge is 0.479 e. The molecule has 86 valence electrons. The molecule has 0 saturated heterocycles. The molecular weight excluding hydrogens is 241 g/mol. The first kappa shape index (κ1) is 11.3. The second-order valence-electron chi connectivity index (χ2n) is 3.35. The number of carbonyl (C=O) groups is 1. The van der Waals surface area contributed by atoms with E-state index in [1.54, 1.807) is 6.07 Å². The lowest BCUT2D eigenvalue weighted by Crippen LogP contribution is -2.03. The first-order valence-electron chi connectivity index (χ1n) is 4.54. The molecule has 1 aliphatic rings. The van der Waals surface area contributed by atoms with E-state index in [0.717, 1.165) is 5.56 Å². The highest BCUT2D eigenvalue weighted by Gasteiger charge is 2.31. The van der Waals surface area contributed by atoms with E-state index in [1.165, 1.54) is 12.1 Å². The van der Waals surface area contributed by atoms with Gasteiger partial charge in [0.25, 0.3) is 0 Å². The Morgan fingerprint density at radius 3 is 2.69 bits per heavy atom. The fourth-order valence-electron chi connectivity index (χ4n) is 1.56. The molecule has 1 aromatic carbocycles. The molecule has 2 nitrogen and oxygen atoms in total. The van der Waals surface area contributed by atoms with Crippen LogP contribution < -0.4 is 4.18 Å². The van der Waals surface area contributed by atoms with E-state index in [1.807, 2.05) is 0 Å². The number of aryl methyl sites for hydroxylation is 1. The van der Waals surface area contributed by atoms with Gasteiger partial charge in [0.05, 0.1) is 0 Å². The Morgan fingerprint density at radius 1 is 1.25 bits per heavy atom. The van der Waals surface area contributed by atoms with Gasteiger partial charge in [0.15, 0.2) is 17.8 Å². The number of benzene rings is 1. The van der Waals surface area contributed by atoms with Gasteiger partial charge in [-0.3, -0.25) is 4.79 Å². The number of Topliss-reactive ketones (excluding diaryl/α,β-unsaturated/α-hetero) is 1. The summed E-state index contributed by atoms with van der Waals surface area (Å²) < 4.78 is 40.1. The predicted molar refractivity (Wildman–Crippen MR) is 53.4 cm³/mol. The van der Waals surface area contributed by atoms with Crippen LogP contribution in [-0.2, 0) is 6.42 Å². The molecular formula is C10H7F3O2S. The van der Waals surface area contributed by atoms with E-state index >= 15 is 0 Å². The smallest absolute Gasteiger partial charge is 0.417 e. The zero-order valence-corrected chi connectivity index (χ0v) is 8.82. The van der Waals surface area contributed by atoms with Gasteiger partial charge in [0.1, 0.15) is 5.75 Å². The van der Waals surface area contributed by atoms with E-state index in [0.29, 0.717) is 18.4 Å². The Morgan fingerprint density at radius 2 is 2.00 bits per heavy atom. The van der Waals surface area contributed by atoms with Crippen LogP contribution in [-0.4, -0.2) is 11.3 Å². The average molecular weight is 248 g/mol. The van der Waals surface area contributed by atoms with E-state index in [9.17, 15) is 18.0 Å². The van der Waals surface area contributed by atoms with E-state index in [4.69, 9.17) is 0 Å². The van der Waals surface area contributed by atoms with Crippen molar-refractivity contribution in [1.29, 1.82) is 0 Å². The van der Waals surface area contributed by atoms with Crippen LogP contribution in [0.3, 0.4) is 0 Å². The summed E-state index contributed by atoms with van der Waals surface area (Å²) in [7, 11) is 0. The molecule has 0 heterocycles. The molecule has 1 aliphatic carbocycles. The zero-order valence-electron chi connectivity index (χ0n) is 8.00. The van der Waals surface area contributed by atoms with Crippen molar-refractivity contribution in [3.8, 4) is 5.75 Å². The van der Waals surface area contributed by atoms with Crippen LogP contribution in [0.5, 0.6) is 5.75 Å². The standard InChI is InChI=1S/C10H7F3O2S/c11-10(12,13)16-15-7-3-1-6-2-4-9(14)8(6)5-7/h1,3,5H,2,4H2. The maximum absolute atomic E-state index is 11.9. The minimum Gasteiger partial charge on any atom is -0.417 e. The van der Waals surface area contributed by atoms with Crippen LogP contribution in [0.25, 0.3) is 0 Å². The van der Waals surface area contributed by atoms with Gasteiger partial charge in [0, 0.05) is 12.0 Å². The van der Waals surface area contributed by atoms with Crippen LogP contribution in [0.2, 0.25) is 0 Å². The topological polar surface area (TPSA) is 26.3 Å². The third-order valence-corrected chi connectivity index (χ3v) is 2.70. The van der Waals surface area contributed by atoms with Crippen molar-refractivity contribution >= 4 is 17.8 Å². The molecule has 0 aromatic heterocycles. The fourth-order valence-corrected chi connectivity index (χ4v) is 1.86. The van der Waals surface area contributed by atoms with Crippen molar-refractivity contribution in [3.63, 3.8) is 0 Å². The molecule has 16 heavy (non-hydrogen) atoms. The molecule has 6 heteroatoms. The summed E-state index contributed by atoms with van der Waals surface area (Å²) >= 11 is -0.578. The van der Waals surface area contributed by atoms with Crippen molar-refractivity contribution in [2.45, 2.75) is 18.3 Å². The summed E-state index contributed by atoms with van der Waals surface area (Å²) in [6.07, 6.45) is 1.08. The van der Waals surface area contributed by atoms with Gasteiger partial charge in [-0.15, -0.1) is 0 Å². The Labute approximate surface area is 94.0 Å². The maximum atomic E-state index is 11.9. The van der Waals surface area contributed by atoms with Crippen LogP contribution in [0.4, 0.5) is 13.2 Å². The van der Waals surface area contributed by atoms with Gasteiger partial charge in [0.2, 0.25) is 0 Å². The number of rotatable bonds is 2. The van der Waals surface area contributed by atoms with E-state index < -0.39 is 17.6 Å². The molecule has 2 rings (SSSR count). The molecule has 0 atom stereocenters. The van der Waals surface area contributed by atoms with Crippen molar-refractivity contribution in [3.05, 3.63) is 29.3 Å². The van der Waals surface area contributed by atoms with Gasteiger partial charge in [-0.05, 0) is 24.1 Å². The van der Waals surface area contributed by atoms with Crippen molar-refractivity contribution in [2.24, 2.45) is 0 Å². The minimum atomic E-state index is -4.44. The van der Waals surface area contributed by atoms with E-state index in [2.05, 4.69) is 4.18 Å². The summed E-state index contributed by atoms with van der Waals surface area (Å²) in [5.74, 6) is 0.00813. The van der Waals surface area contributed by atoms with Crippen molar-refractivity contribution in [2.75, 3.05) is 0 Å². The monoisotopic (exact) mass is 248 g/mol. The first-order chi connectivity index (χ1) is 7.46. The lowest BCUT2D eigenvalue weighted by Gasteiger charge is -2.07. The molecule has 0 aliphatic heterocycles. The summed E-state index contributed by atoms with van der Waals surface area (Å²) in [5.41, 5.74) is -3.10. The number of hydrogen-bond donors (Lipinski definition) is 0. The third-order valence-electron chi connectivity index (χ3n) is 2.24. The quantitative estimate of drug-likeness (QED) is 0.751.